The molecule has 0 heteroatoms. The standard InChI is InChI=1S/C20H24/c1-17(19-13-5-3-6-14-19)11-9-10-12-18(2)20-15-7-4-8-16-20/h3-10,13-18H,11-12H2,1-2H3/b10-9-. The minimum absolute atomic E-state index is 0.597. The predicted molar refractivity (Wildman–Crippen MR) is 88.1 cm³/mol. The van der Waals surface area contributed by atoms with Gasteiger partial charge in [0.05, 0.1) is 0 Å². The van der Waals surface area contributed by atoms with Crippen molar-refractivity contribution in [2.45, 2.75) is 38.5 Å². The van der Waals surface area contributed by atoms with Crippen molar-refractivity contribution in [3.63, 3.8) is 0 Å². The third-order valence-corrected chi connectivity index (χ3v) is 3.88. The van der Waals surface area contributed by atoms with Gasteiger partial charge in [-0.2, -0.15) is 0 Å². The second kappa shape index (κ2) is 7.69. The Balaban J connectivity index is 1.80. The summed E-state index contributed by atoms with van der Waals surface area (Å²) >= 11 is 0. The molecule has 2 aromatic rings. The molecule has 0 fully saturated rings. The molecule has 2 unspecified atom stereocenters. The van der Waals surface area contributed by atoms with E-state index in [1.54, 1.807) is 0 Å². The molecule has 0 aliphatic carbocycles. The zero-order chi connectivity index (χ0) is 14.2. The SMILES string of the molecule is CC(C/C=C\CC(C)c1ccccc1)c1ccccc1. The quantitative estimate of drug-likeness (QED) is 0.567. The van der Waals surface area contributed by atoms with Crippen molar-refractivity contribution in [1.82, 2.24) is 0 Å². The molecule has 2 atom stereocenters. The molecule has 20 heavy (non-hydrogen) atoms. The maximum absolute atomic E-state index is 2.33. The van der Waals surface area contributed by atoms with Gasteiger partial charge in [0, 0.05) is 0 Å². The Hall–Kier alpha value is -1.82. The van der Waals surface area contributed by atoms with Crippen LogP contribution in [0.2, 0.25) is 0 Å². The largest absolute Gasteiger partial charge is 0.0879 e. The zero-order valence-electron chi connectivity index (χ0n) is 12.5. The van der Waals surface area contributed by atoms with E-state index in [1.807, 2.05) is 0 Å². The van der Waals surface area contributed by atoms with Gasteiger partial charge in [-0.15, -0.1) is 0 Å². The van der Waals surface area contributed by atoms with Gasteiger partial charge < -0.3 is 0 Å². The Morgan fingerprint density at radius 3 is 1.35 bits per heavy atom. The van der Waals surface area contributed by atoms with Gasteiger partial charge in [-0.1, -0.05) is 86.7 Å². The van der Waals surface area contributed by atoms with Crippen LogP contribution >= 0.6 is 0 Å². The molecule has 0 aromatic heterocycles. The summed E-state index contributed by atoms with van der Waals surface area (Å²) in [7, 11) is 0. The van der Waals surface area contributed by atoms with Gasteiger partial charge in [0.2, 0.25) is 0 Å². The molecule has 0 radical (unpaired) electrons. The van der Waals surface area contributed by atoms with Gasteiger partial charge in [-0.05, 0) is 35.8 Å². The fraction of sp³-hybridized carbons (Fsp3) is 0.300. The molecule has 104 valence electrons. The van der Waals surface area contributed by atoms with E-state index in [2.05, 4.69) is 86.7 Å². The van der Waals surface area contributed by atoms with E-state index in [0.29, 0.717) is 11.8 Å². The summed E-state index contributed by atoms with van der Waals surface area (Å²) < 4.78 is 0. The first-order valence-corrected chi connectivity index (χ1v) is 7.52. The third-order valence-electron chi connectivity index (χ3n) is 3.88. The van der Waals surface area contributed by atoms with Crippen molar-refractivity contribution in [2.75, 3.05) is 0 Å². The van der Waals surface area contributed by atoms with Crippen molar-refractivity contribution in [3.8, 4) is 0 Å². The second-order valence-electron chi connectivity index (χ2n) is 5.57. The molecule has 0 amide bonds. The lowest BCUT2D eigenvalue weighted by molar-refractivity contribution is 0.756. The number of allylic oxidation sites excluding steroid dienone is 2. The normalized spacial score (nSPS) is 14.3. The van der Waals surface area contributed by atoms with E-state index in [-0.39, 0.29) is 0 Å². The van der Waals surface area contributed by atoms with E-state index >= 15 is 0 Å². The molecule has 0 bridgehead atoms. The van der Waals surface area contributed by atoms with Crippen LogP contribution in [0.15, 0.2) is 72.8 Å². The van der Waals surface area contributed by atoms with Crippen LogP contribution in [0, 0.1) is 0 Å². The van der Waals surface area contributed by atoms with Gasteiger partial charge >= 0.3 is 0 Å². The highest BCUT2D eigenvalue weighted by molar-refractivity contribution is 5.21. The summed E-state index contributed by atoms with van der Waals surface area (Å²) in [6.07, 6.45) is 6.89. The first kappa shape index (κ1) is 14.6. The lowest BCUT2D eigenvalue weighted by Crippen LogP contribution is -1.92. The van der Waals surface area contributed by atoms with Crippen molar-refractivity contribution in [1.29, 1.82) is 0 Å². The highest BCUT2D eigenvalue weighted by Crippen LogP contribution is 2.21. The van der Waals surface area contributed by atoms with Gasteiger partial charge in [0.1, 0.15) is 0 Å². The minimum atomic E-state index is 0.597. The fourth-order valence-corrected chi connectivity index (χ4v) is 2.44. The summed E-state index contributed by atoms with van der Waals surface area (Å²) in [5.41, 5.74) is 2.85. The van der Waals surface area contributed by atoms with E-state index in [0.717, 1.165) is 12.8 Å². The highest BCUT2D eigenvalue weighted by atomic mass is 14.1. The monoisotopic (exact) mass is 264 g/mol. The molecule has 0 saturated heterocycles. The van der Waals surface area contributed by atoms with Crippen molar-refractivity contribution < 1.29 is 0 Å². The van der Waals surface area contributed by atoms with Crippen molar-refractivity contribution >= 4 is 0 Å². The van der Waals surface area contributed by atoms with E-state index in [1.165, 1.54) is 11.1 Å². The molecule has 0 spiro atoms. The number of hydrogen-bond acceptors (Lipinski definition) is 0. The number of hydrogen-bond donors (Lipinski definition) is 0. The molecule has 2 aromatic carbocycles. The molecule has 0 heterocycles. The third kappa shape index (κ3) is 4.38. The van der Waals surface area contributed by atoms with E-state index in [9.17, 15) is 0 Å². The predicted octanol–water partition coefficient (Wildman–Crippen LogP) is 5.93. The van der Waals surface area contributed by atoms with Crippen LogP contribution in [0.4, 0.5) is 0 Å². The fourth-order valence-electron chi connectivity index (χ4n) is 2.44. The van der Waals surface area contributed by atoms with Gasteiger partial charge in [-0.25, -0.2) is 0 Å². The van der Waals surface area contributed by atoms with Gasteiger partial charge in [0.15, 0.2) is 0 Å². The average molecular weight is 264 g/mol. The van der Waals surface area contributed by atoms with Gasteiger partial charge in [-0.3, -0.25) is 0 Å². The summed E-state index contributed by atoms with van der Waals surface area (Å²) in [5, 5.41) is 0. The number of rotatable bonds is 6. The first-order valence-electron chi connectivity index (χ1n) is 7.52. The lowest BCUT2D eigenvalue weighted by atomic mass is 9.95. The summed E-state index contributed by atoms with van der Waals surface area (Å²) in [6, 6.07) is 21.5. The summed E-state index contributed by atoms with van der Waals surface area (Å²) in [4.78, 5) is 0. The molecule has 0 N–H and O–H groups in total. The Morgan fingerprint density at radius 1 is 0.650 bits per heavy atom. The van der Waals surface area contributed by atoms with Crippen LogP contribution in [0.5, 0.6) is 0 Å². The zero-order valence-corrected chi connectivity index (χ0v) is 12.5. The van der Waals surface area contributed by atoms with Crippen LogP contribution < -0.4 is 0 Å². The Bertz CT molecular complexity index is 461. The summed E-state index contributed by atoms with van der Waals surface area (Å²) in [6.45, 7) is 4.58. The molecular formula is C20H24. The van der Waals surface area contributed by atoms with E-state index < -0.39 is 0 Å². The molecule has 0 nitrogen and oxygen atoms in total. The molecular weight excluding hydrogens is 240 g/mol. The topological polar surface area (TPSA) is 0 Å². The number of benzene rings is 2. The molecule has 2 rings (SSSR count). The Morgan fingerprint density at radius 2 is 1.00 bits per heavy atom. The lowest BCUT2D eigenvalue weighted by Gasteiger charge is -2.10. The Kier molecular flexibility index (Phi) is 5.61. The molecule has 0 aliphatic rings. The maximum atomic E-state index is 2.33. The first-order chi connectivity index (χ1) is 9.77. The van der Waals surface area contributed by atoms with Crippen LogP contribution in [0.1, 0.15) is 49.7 Å². The Labute approximate surface area is 123 Å². The summed E-state index contributed by atoms with van der Waals surface area (Å²) in [5.74, 6) is 1.19. The van der Waals surface area contributed by atoms with E-state index in [4.69, 9.17) is 0 Å². The smallest absolute Gasteiger partial charge is 0.0156 e. The van der Waals surface area contributed by atoms with Crippen LogP contribution in [-0.4, -0.2) is 0 Å². The maximum Gasteiger partial charge on any atom is -0.0156 e. The molecule has 0 aliphatic heterocycles. The van der Waals surface area contributed by atoms with Crippen molar-refractivity contribution in [3.05, 3.63) is 83.9 Å². The average Bonchev–Trinajstić information content (AvgIpc) is 2.53. The molecule has 0 saturated carbocycles. The van der Waals surface area contributed by atoms with Crippen molar-refractivity contribution in [2.24, 2.45) is 0 Å². The van der Waals surface area contributed by atoms with Crippen LogP contribution in [-0.2, 0) is 0 Å². The van der Waals surface area contributed by atoms with Crippen LogP contribution in [0.25, 0.3) is 0 Å². The highest BCUT2D eigenvalue weighted by Gasteiger charge is 2.03. The van der Waals surface area contributed by atoms with Crippen LogP contribution in [0.3, 0.4) is 0 Å². The van der Waals surface area contributed by atoms with Gasteiger partial charge in [0.25, 0.3) is 0 Å². The minimum Gasteiger partial charge on any atom is -0.0879 e. The second-order valence-corrected chi connectivity index (χ2v) is 5.57.